The lowest BCUT2D eigenvalue weighted by atomic mass is 9.94. The SMILES string of the molecule is CC(C)(C)OC(=O)Nc1ccc(C(C)(N)CO)cc1Cl. The van der Waals surface area contributed by atoms with Crippen molar-refractivity contribution in [3.05, 3.63) is 28.8 Å². The summed E-state index contributed by atoms with van der Waals surface area (Å²) in [6, 6.07) is 4.95. The smallest absolute Gasteiger partial charge is 0.412 e. The van der Waals surface area contributed by atoms with Crippen LogP contribution in [0, 0.1) is 0 Å². The molecule has 5 nitrogen and oxygen atoms in total. The molecule has 0 bridgehead atoms. The molecule has 0 aromatic heterocycles. The standard InChI is InChI=1S/C14H21ClN2O3/c1-13(2,3)20-12(19)17-11-6-5-9(7-10(11)15)14(4,16)8-18/h5-7,18H,8,16H2,1-4H3,(H,17,19). The number of hydrogen-bond acceptors (Lipinski definition) is 4. The van der Waals surface area contributed by atoms with Crippen LogP contribution in [0.1, 0.15) is 33.3 Å². The summed E-state index contributed by atoms with van der Waals surface area (Å²) in [7, 11) is 0. The molecule has 0 aliphatic heterocycles. The maximum Gasteiger partial charge on any atom is 0.412 e. The number of nitrogens with one attached hydrogen (secondary N) is 1. The Kier molecular flexibility index (Phi) is 5.02. The third-order valence-electron chi connectivity index (χ3n) is 2.59. The maximum absolute atomic E-state index is 11.7. The van der Waals surface area contributed by atoms with Crippen LogP contribution in [0.25, 0.3) is 0 Å². The lowest BCUT2D eigenvalue weighted by Gasteiger charge is -2.23. The van der Waals surface area contributed by atoms with Crippen LogP contribution in [0.3, 0.4) is 0 Å². The number of ether oxygens (including phenoxy) is 1. The molecular weight excluding hydrogens is 280 g/mol. The van der Waals surface area contributed by atoms with E-state index in [2.05, 4.69) is 5.32 Å². The molecule has 1 aromatic carbocycles. The molecule has 112 valence electrons. The van der Waals surface area contributed by atoms with Gasteiger partial charge in [-0.3, -0.25) is 5.32 Å². The lowest BCUT2D eigenvalue weighted by molar-refractivity contribution is 0.0636. The summed E-state index contributed by atoms with van der Waals surface area (Å²) in [4.78, 5) is 11.7. The van der Waals surface area contributed by atoms with Crippen molar-refractivity contribution in [2.24, 2.45) is 5.73 Å². The summed E-state index contributed by atoms with van der Waals surface area (Å²) in [5, 5.41) is 12.1. The molecule has 1 amide bonds. The van der Waals surface area contributed by atoms with Crippen molar-refractivity contribution < 1.29 is 14.6 Å². The Labute approximate surface area is 124 Å². The fraction of sp³-hybridized carbons (Fsp3) is 0.500. The first-order valence-corrected chi connectivity index (χ1v) is 6.63. The molecule has 20 heavy (non-hydrogen) atoms. The maximum atomic E-state index is 11.7. The van der Waals surface area contributed by atoms with Gasteiger partial charge in [0.15, 0.2) is 0 Å². The largest absolute Gasteiger partial charge is 0.444 e. The van der Waals surface area contributed by atoms with E-state index in [1.165, 1.54) is 0 Å². The average Bonchev–Trinajstić information content (AvgIpc) is 2.29. The molecular formula is C14H21ClN2O3. The number of amides is 1. The van der Waals surface area contributed by atoms with Crippen molar-refractivity contribution in [1.82, 2.24) is 0 Å². The number of benzene rings is 1. The number of hydrogen-bond donors (Lipinski definition) is 3. The highest BCUT2D eigenvalue weighted by molar-refractivity contribution is 6.33. The molecule has 1 rings (SSSR count). The fourth-order valence-corrected chi connectivity index (χ4v) is 1.70. The van der Waals surface area contributed by atoms with Gasteiger partial charge in [-0.25, -0.2) is 4.79 Å². The van der Waals surface area contributed by atoms with E-state index in [-0.39, 0.29) is 6.61 Å². The number of nitrogens with two attached hydrogens (primary N) is 1. The zero-order chi connectivity index (χ0) is 15.6. The summed E-state index contributed by atoms with van der Waals surface area (Å²) in [6.45, 7) is 6.82. The Hall–Kier alpha value is -1.30. The number of carbonyl (C=O) groups excluding carboxylic acids is 1. The second-order valence-electron chi connectivity index (χ2n) is 5.90. The summed E-state index contributed by atoms with van der Waals surface area (Å²) in [5.74, 6) is 0. The van der Waals surface area contributed by atoms with E-state index in [4.69, 9.17) is 22.1 Å². The molecule has 6 heteroatoms. The number of aliphatic hydroxyl groups is 1. The molecule has 0 spiro atoms. The highest BCUT2D eigenvalue weighted by atomic mass is 35.5. The van der Waals surface area contributed by atoms with Crippen molar-refractivity contribution in [1.29, 1.82) is 0 Å². The van der Waals surface area contributed by atoms with Crippen LogP contribution in [-0.4, -0.2) is 23.4 Å². The molecule has 0 saturated carbocycles. The predicted molar refractivity (Wildman–Crippen MR) is 79.9 cm³/mol. The molecule has 0 aliphatic carbocycles. The molecule has 1 atom stereocenters. The van der Waals surface area contributed by atoms with Gasteiger partial charge in [-0.2, -0.15) is 0 Å². The number of aliphatic hydroxyl groups excluding tert-OH is 1. The molecule has 4 N–H and O–H groups in total. The Bertz CT molecular complexity index is 496. The van der Waals surface area contributed by atoms with Crippen LogP contribution in [-0.2, 0) is 10.3 Å². The minimum atomic E-state index is -0.881. The molecule has 0 radical (unpaired) electrons. The second-order valence-corrected chi connectivity index (χ2v) is 6.30. The van der Waals surface area contributed by atoms with E-state index in [9.17, 15) is 9.90 Å². The second kappa shape index (κ2) is 5.99. The normalized spacial score (nSPS) is 14.6. The Morgan fingerprint density at radius 3 is 2.45 bits per heavy atom. The van der Waals surface area contributed by atoms with E-state index in [0.29, 0.717) is 16.3 Å². The average molecular weight is 301 g/mol. The van der Waals surface area contributed by atoms with Gasteiger partial charge >= 0.3 is 6.09 Å². The van der Waals surface area contributed by atoms with Gasteiger partial charge < -0.3 is 15.6 Å². The Balaban J connectivity index is 2.87. The summed E-state index contributed by atoms with van der Waals surface area (Å²) >= 11 is 6.10. The quantitative estimate of drug-likeness (QED) is 0.801. The fourth-order valence-electron chi connectivity index (χ4n) is 1.48. The van der Waals surface area contributed by atoms with E-state index in [1.54, 1.807) is 45.9 Å². The van der Waals surface area contributed by atoms with Crippen molar-refractivity contribution in [2.75, 3.05) is 11.9 Å². The summed E-state index contributed by atoms with van der Waals surface area (Å²) in [6.07, 6.45) is -0.579. The first-order chi connectivity index (χ1) is 9.05. The third-order valence-corrected chi connectivity index (χ3v) is 2.91. The van der Waals surface area contributed by atoms with Gasteiger partial charge in [-0.05, 0) is 45.4 Å². The van der Waals surface area contributed by atoms with Gasteiger partial charge in [-0.1, -0.05) is 17.7 Å². The number of rotatable bonds is 3. The molecule has 0 fully saturated rings. The van der Waals surface area contributed by atoms with Crippen molar-refractivity contribution >= 4 is 23.4 Å². The Morgan fingerprint density at radius 1 is 1.40 bits per heavy atom. The third kappa shape index (κ3) is 4.67. The summed E-state index contributed by atoms with van der Waals surface area (Å²) < 4.78 is 5.14. The highest BCUT2D eigenvalue weighted by Crippen LogP contribution is 2.28. The lowest BCUT2D eigenvalue weighted by Crippen LogP contribution is -2.36. The van der Waals surface area contributed by atoms with Crippen molar-refractivity contribution in [3.63, 3.8) is 0 Å². The number of halogens is 1. The van der Waals surface area contributed by atoms with Gasteiger partial charge in [0.1, 0.15) is 5.60 Å². The zero-order valence-electron chi connectivity index (χ0n) is 12.2. The molecule has 0 aliphatic rings. The van der Waals surface area contributed by atoms with Gasteiger partial charge in [0, 0.05) is 0 Å². The number of carbonyl (C=O) groups is 1. The van der Waals surface area contributed by atoms with Crippen LogP contribution in [0.15, 0.2) is 18.2 Å². The topological polar surface area (TPSA) is 84.6 Å². The molecule has 0 saturated heterocycles. The first kappa shape index (κ1) is 16.8. The molecule has 0 heterocycles. The van der Waals surface area contributed by atoms with Gasteiger partial charge in [0.2, 0.25) is 0 Å². The van der Waals surface area contributed by atoms with Crippen LogP contribution >= 0.6 is 11.6 Å². The van der Waals surface area contributed by atoms with E-state index < -0.39 is 17.2 Å². The molecule has 1 aromatic rings. The minimum absolute atomic E-state index is 0.206. The van der Waals surface area contributed by atoms with Crippen molar-refractivity contribution in [3.8, 4) is 0 Å². The van der Waals surface area contributed by atoms with Crippen LogP contribution < -0.4 is 11.1 Å². The number of anilines is 1. The van der Waals surface area contributed by atoms with Gasteiger partial charge in [-0.15, -0.1) is 0 Å². The van der Waals surface area contributed by atoms with Crippen molar-refractivity contribution in [2.45, 2.75) is 38.8 Å². The van der Waals surface area contributed by atoms with E-state index >= 15 is 0 Å². The predicted octanol–water partition coefficient (Wildman–Crippen LogP) is 2.85. The summed E-state index contributed by atoms with van der Waals surface area (Å²) in [5.41, 5.74) is 5.57. The highest BCUT2D eigenvalue weighted by Gasteiger charge is 2.22. The first-order valence-electron chi connectivity index (χ1n) is 6.25. The van der Waals surface area contributed by atoms with Crippen LogP contribution in [0.4, 0.5) is 10.5 Å². The monoisotopic (exact) mass is 300 g/mol. The van der Waals surface area contributed by atoms with E-state index in [1.807, 2.05) is 0 Å². The minimum Gasteiger partial charge on any atom is -0.444 e. The van der Waals surface area contributed by atoms with Crippen LogP contribution in [0.5, 0.6) is 0 Å². The zero-order valence-corrected chi connectivity index (χ0v) is 12.9. The molecule has 1 unspecified atom stereocenters. The Morgan fingerprint density at radius 2 is 2.00 bits per heavy atom. The van der Waals surface area contributed by atoms with E-state index in [0.717, 1.165) is 0 Å². The van der Waals surface area contributed by atoms with Gasteiger partial charge in [0.25, 0.3) is 0 Å². The van der Waals surface area contributed by atoms with Gasteiger partial charge in [0.05, 0.1) is 22.9 Å². The van der Waals surface area contributed by atoms with Crippen LogP contribution in [0.2, 0.25) is 5.02 Å².